The predicted octanol–water partition coefficient (Wildman–Crippen LogP) is 2.10. The molecule has 0 N–H and O–H groups in total. The van der Waals surface area contributed by atoms with Gasteiger partial charge in [-0.2, -0.15) is 0 Å². The highest BCUT2D eigenvalue weighted by Gasteiger charge is 2.10. The summed E-state index contributed by atoms with van der Waals surface area (Å²) in [5.41, 5.74) is 2.78. The van der Waals surface area contributed by atoms with Crippen molar-refractivity contribution in [1.82, 2.24) is 0 Å². The molecule has 11 heavy (non-hydrogen) atoms. The van der Waals surface area contributed by atoms with Crippen LogP contribution in [0.4, 0.5) is 0 Å². The van der Waals surface area contributed by atoms with Crippen LogP contribution < -0.4 is 4.74 Å². The van der Waals surface area contributed by atoms with E-state index in [1.165, 1.54) is 24.0 Å². The van der Waals surface area contributed by atoms with Gasteiger partial charge in [0.15, 0.2) is 0 Å². The third-order valence-corrected chi connectivity index (χ3v) is 2.19. The van der Waals surface area contributed by atoms with E-state index in [1.807, 2.05) is 12.1 Å². The monoisotopic (exact) mass is 145 g/mol. The van der Waals surface area contributed by atoms with E-state index in [0.717, 1.165) is 6.42 Å². The van der Waals surface area contributed by atoms with Crippen LogP contribution in [0.1, 0.15) is 17.5 Å². The smallest absolute Gasteiger partial charge is 0.253 e. The molecule has 0 unspecified atom stereocenters. The molecule has 0 saturated carbocycles. The van der Waals surface area contributed by atoms with Gasteiger partial charge in [0.2, 0.25) is 0 Å². The van der Waals surface area contributed by atoms with Crippen LogP contribution in [0.3, 0.4) is 0 Å². The lowest BCUT2D eigenvalue weighted by molar-refractivity contribution is 0.472. The number of fused-ring (bicyclic) bond motifs is 1. The average molecular weight is 145 g/mol. The molecule has 0 fully saturated rings. The molecule has 55 valence electrons. The molecule has 3 radical (unpaired) electrons. The second kappa shape index (κ2) is 2.57. The Bertz CT molecular complexity index is 266. The van der Waals surface area contributed by atoms with E-state index < -0.39 is 0 Å². The Morgan fingerprint density at radius 1 is 1.18 bits per heavy atom. The van der Waals surface area contributed by atoms with Gasteiger partial charge in [-0.25, -0.2) is 0 Å². The minimum Gasteiger partial charge on any atom is -0.473 e. The van der Waals surface area contributed by atoms with E-state index in [2.05, 4.69) is 10.8 Å². The molecule has 1 aliphatic rings. The molecule has 0 saturated heterocycles. The summed E-state index contributed by atoms with van der Waals surface area (Å²) in [6.45, 7) is 0. The topological polar surface area (TPSA) is 9.23 Å². The first-order chi connectivity index (χ1) is 5.40. The summed E-state index contributed by atoms with van der Waals surface area (Å²) in [5.74, 6) is 0.658. The molecule has 2 rings (SSSR count). The molecule has 0 spiro atoms. The molecule has 0 amide bonds. The minimum atomic E-state index is 0.658. The van der Waals surface area contributed by atoms with Gasteiger partial charge >= 0.3 is 0 Å². The summed E-state index contributed by atoms with van der Waals surface area (Å²) >= 11 is 0. The summed E-state index contributed by atoms with van der Waals surface area (Å²) in [4.78, 5) is 0. The Morgan fingerprint density at radius 2 is 2.00 bits per heavy atom. The SMILES string of the molecule is [C]Oc1ccc2c(c1)CCC2. The van der Waals surface area contributed by atoms with Crippen molar-refractivity contribution in [2.45, 2.75) is 19.3 Å². The molecule has 1 heteroatoms. The normalized spacial score (nSPS) is 14.6. The van der Waals surface area contributed by atoms with Crippen LogP contribution in [0.25, 0.3) is 0 Å². The van der Waals surface area contributed by atoms with Gasteiger partial charge in [-0.1, -0.05) is 6.07 Å². The lowest BCUT2D eigenvalue weighted by Crippen LogP contribution is -1.84. The zero-order chi connectivity index (χ0) is 7.68. The van der Waals surface area contributed by atoms with Crippen molar-refractivity contribution in [2.24, 2.45) is 0 Å². The number of hydrogen-bond donors (Lipinski definition) is 0. The van der Waals surface area contributed by atoms with Crippen LogP contribution in [0.2, 0.25) is 0 Å². The van der Waals surface area contributed by atoms with Gasteiger partial charge < -0.3 is 4.74 Å². The van der Waals surface area contributed by atoms with E-state index in [-0.39, 0.29) is 0 Å². The molecule has 0 atom stereocenters. The van der Waals surface area contributed by atoms with Gasteiger partial charge in [0, 0.05) is 0 Å². The molecule has 1 aromatic rings. The Kier molecular flexibility index (Phi) is 1.57. The molecular weight excluding hydrogens is 136 g/mol. The Morgan fingerprint density at radius 3 is 2.82 bits per heavy atom. The summed E-state index contributed by atoms with van der Waals surface area (Å²) in [6.07, 6.45) is 3.58. The van der Waals surface area contributed by atoms with Crippen molar-refractivity contribution in [3.8, 4) is 5.75 Å². The van der Waals surface area contributed by atoms with Gasteiger partial charge in [0.25, 0.3) is 7.11 Å². The highest BCUT2D eigenvalue weighted by molar-refractivity contribution is 5.38. The van der Waals surface area contributed by atoms with Crippen LogP contribution in [-0.4, -0.2) is 0 Å². The molecule has 1 aromatic carbocycles. The predicted molar refractivity (Wildman–Crippen MR) is 42.3 cm³/mol. The first-order valence-corrected chi connectivity index (χ1v) is 3.85. The lowest BCUT2D eigenvalue weighted by atomic mass is 10.1. The van der Waals surface area contributed by atoms with Crippen molar-refractivity contribution < 1.29 is 4.74 Å². The van der Waals surface area contributed by atoms with Crippen LogP contribution >= 0.6 is 0 Å². The van der Waals surface area contributed by atoms with Crippen LogP contribution in [-0.2, 0) is 12.8 Å². The van der Waals surface area contributed by atoms with Crippen molar-refractivity contribution >= 4 is 0 Å². The fourth-order valence-corrected chi connectivity index (χ4v) is 1.61. The maximum absolute atomic E-state index is 6.71. The Balaban J connectivity index is 2.41. The third kappa shape index (κ3) is 1.11. The quantitative estimate of drug-likeness (QED) is 0.588. The van der Waals surface area contributed by atoms with Crippen LogP contribution in [0.5, 0.6) is 5.75 Å². The number of hydrogen-bond acceptors (Lipinski definition) is 1. The number of benzene rings is 1. The number of rotatable bonds is 1. The number of ether oxygens (including phenoxy) is 1. The lowest BCUT2D eigenvalue weighted by Gasteiger charge is -2.01. The van der Waals surface area contributed by atoms with E-state index in [1.54, 1.807) is 0 Å². The van der Waals surface area contributed by atoms with Crippen molar-refractivity contribution in [1.29, 1.82) is 0 Å². The number of aryl methyl sites for hydroxylation is 2. The second-order valence-corrected chi connectivity index (χ2v) is 2.89. The molecule has 0 aromatic heterocycles. The first-order valence-electron chi connectivity index (χ1n) is 3.85. The molecule has 0 aliphatic heterocycles. The van der Waals surface area contributed by atoms with Crippen LogP contribution in [0, 0.1) is 7.11 Å². The minimum absolute atomic E-state index is 0.658. The molecule has 1 aliphatic carbocycles. The van der Waals surface area contributed by atoms with Crippen LogP contribution in [0.15, 0.2) is 18.2 Å². The molecular formula is C10H9O. The first kappa shape index (κ1) is 6.71. The highest BCUT2D eigenvalue weighted by Crippen LogP contribution is 2.25. The Labute approximate surface area is 67.0 Å². The van der Waals surface area contributed by atoms with Gasteiger partial charge in [0.05, 0.1) is 0 Å². The highest BCUT2D eigenvalue weighted by atomic mass is 16.5. The second-order valence-electron chi connectivity index (χ2n) is 2.89. The van der Waals surface area contributed by atoms with Gasteiger partial charge in [0.1, 0.15) is 5.75 Å². The maximum atomic E-state index is 6.71. The molecule has 0 bridgehead atoms. The maximum Gasteiger partial charge on any atom is 0.253 e. The molecule has 0 heterocycles. The average Bonchev–Trinajstić information content (AvgIpc) is 2.50. The Hall–Kier alpha value is -0.980. The van der Waals surface area contributed by atoms with Crippen molar-refractivity contribution in [3.63, 3.8) is 0 Å². The molecule has 1 nitrogen and oxygen atoms in total. The third-order valence-electron chi connectivity index (χ3n) is 2.19. The fraction of sp³-hybridized carbons (Fsp3) is 0.300. The largest absolute Gasteiger partial charge is 0.473 e. The summed E-state index contributed by atoms with van der Waals surface area (Å²) < 4.78 is 4.39. The van der Waals surface area contributed by atoms with Gasteiger partial charge in [-0.15, -0.1) is 0 Å². The van der Waals surface area contributed by atoms with Gasteiger partial charge in [-0.3, -0.25) is 0 Å². The van der Waals surface area contributed by atoms with E-state index in [9.17, 15) is 0 Å². The van der Waals surface area contributed by atoms with Crippen molar-refractivity contribution in [2.75, 3.05) is 0 Å². The summed E-state index contributed by atoms with van der Waals surface area (Å²) in [7, 11) is 6.71. The summed E-state index contributed by atoms with van der Waals surface area (Å²) in [6, 6.07) is 5.89. The van der Waals surface area contributed by atoms with Gasteiger partial charge in [-0.05, 0) is 42.5 Å². The fourth-order valence-electron chi connectivity index (χ4n) is 1.61. The van der Waals surface area contributed by atoms with E-state index in [4.69, 9.17) is 7.11 Å². The zero-order valence-electron chi connectivity index (χ0n) is 6.26. The van der Waals surface area contributed by atoms with E-state index in [0.29, 0.717) is 5.75 Å². The van der Waals surface area contributed by atoms with E-state index >= 15 is 0 Å². The zero-order valence-corrected chi connectivity index (χ0v) is 6.26. The summed E-state index contributed by atoms with van der Waals surface area (Å²) in [5, 5.41) is 0. The standard InChI is InChI=1S/C10H9O/c1-11-10-6-5-8-3-2-4-9(8)7-10/h5-7H,2-4H2. The van der Waals surface area contributed by atoms with Crippen molar-refractivity contribution in [3.05, 3.63) is 36.4 Å².